The number of fused-ring (bicyclic) bond motifs is 1. The third-order valence-electron chi connectivity index (χ3n) is 3.21. The van der Waals surface area contributed by atoms with Crippen LogP contribution in [0.4, 0.5) is 5.82 Å². The summed E-state index contributed by atoms with van der Waals surface area (Å²) in [7, 11) is 0. The first-order valence-electron chi connectivity index (χ1n) is 5.81. The highest BCUT2D eigenvalue weighted by Gasteiger charge is 2.44. The van der Waals surface area contributed by atoms with Crippen molar-refractivity contribution < 1.29 is 20.1 Å². The van der Waals surface area contributed by atoms with Crippen LogP contribution in [0.5, 0.6) is 0 Å². The van der Waals surface area contributed by atoms with Crippen LogP contribution in [0.1, 0.15) is 6.23 Å². The Labute approximate surface area is 126 Å². The van der Waals surface area contributed by atoms with Crippen LogP contribution in [-0.4, -0.2) is 59.8 Å². The number of aliphatic hydroxyl groups is 3. The Morgan fingerprint density at radius 3 is 2.75 bits per heavy atom. The molecule has 1 unspecified atom stereocenters. The molecule has 0 radical (unpaired) electrons. The van der Waals surface area contributed by atoms with Gasteiger partial charge in [-0.3, -0.25) is 4.57 Å². The molecule has 0 aliphatic carbocycles. The van der Waals surface area contributed by atoms with Crippen molar-refractivity contribution in [3.8, 4) is 0 Å². The molecule has 0 amide bonds. The molecule has 1 aliphatic heterocycles. The molecule has 10 heteroatoms. The number of halogens is 1. The van der Waals surface area contributed by atoms with Crippen LogP contribution < -0.4 is 5.73 Å². The van der Waals surface area contributed by atoms with E-state index < -0.39 is 31.1 Å². The van der Waals surface area contributed by atoms with Crippen molar-refractivity contribution in [3.63, 3.8) is 0 Å². The van der Waals surface area contributed by atoms with Crippen LogP contribution >= 0.6 is 22.6 Å². The lowest BCUT2D eigenvalue weighted by molar-refractivity contribution is -0.0511. The second kappa shape index (κ2) is 5.04. The predicted octanol–water partition coefficient (Wildman–Crippen LogP) is -1.38. The maximum atomic E-state index is 10.0. The van der Waals surface area contributed by atoms with E-state index in [-0.39, 0.29) is 5.82 Å². The van der Waals surface area contributed by atoms with Gasteiger partial charge in [0.1, 0.15) is 23.8 Å². The number of hydrogen-bond donors (Lipinski definition) is 4. The van der Waals surface area contributed by atoms with Crippen molar-refractivity contribution in [3.05, 3.63) is 10.2 Å². The Morgan fingerprint density at radius 1 is 1.35 bits per heavy atom. The number of anilines is 1. The van der Waals surface area contributed by atoms with Gasteiger partial charge in [0.05, 0.1) is 12.9 Å². The number of nitrogen functional groups attached to an aromatic ring is 1. The van der Waals surface area contributed by atoms with Crippen molar-refractivity contribution in [2.24, 2.45) is 0 Å². The number of aromatic nitrogens is 4. The van der Waals surface area contributed by atoms with E-state index in [1.807, 2.05) is 22.6 Å². The highest BCUT2D eigenvalue weighted by atomic mass is 127. The summed E-state index contributed by atoms with van der Waals surface area (Å²) in [4.78, 5) is 12.3. The normalized spacial score (nSPS) is 30.2. The molecular formula is C10H12IN5O4. The molecular weight excluding hydrogens is 381 g/mol. The van der Waals surface area contributed by atoms with Crippen LogP contribution in [0.15, 0.2) is 6.33 Å². The van der Waals surface area contributed by atoms with Crippen LogP contribution in [0.25, 0.3) is 11.2 Å². The molecule has 108 valence electrons. The summed E-state index contributed by atoms with van der Waals surface area (Å²) in [6.07, 6.45) is -2.71. The van der Waals surface area contributed by atoms with Crippen molar-refractivity contribution in [1.29, 1.82) is 0 Å². The third-order valence-corrected chi connectivity index (χ3v) is 3.69. The standard InChI is InChI=1S/C10H12IN5O4/c11-10-14-7(12)4-8(15-10)16(2-13-4)9-6(19)5(18)3(1-17)20-9/h2-3,5-6,9,17-19H,1H2,(H2,12,14,15)/t3-,5-,6-,9?/m1/s1. The average molecular weight is 393 g/mol. The minimum absolute atomic E-state index is 0.227. The van der Waals surface area contributed by atoms with E-state index in [1.165, 1.54) is 10.9 Å². The molecule has 0 saturated carbocycles. The molecule has 4 atom stereocenters. The molecule has 0 spiro atoms. The lowest BCUT2D eigenvalue weighted by Gasteiger charge is -2.16. The first kappa shape index (κ1) is 13.9. The molecule has 3 rings (SSSR count). The minimum Gasteiger partial charge on any atom is -0.394 e. The molecule has 1 saturated heterocycles. The first-order chi connectivity index (χ1) is 9.52. The summed E-state index contributed by atoms with van der Waals surface area (Å²) in [5, 5.41) is 28.9. The quantitative estimate of drug-likeness (QED) is 0.362. The summed E-state index contributed by atoms with van der Waals surface area (Å²) in [6.45, 7) is -0.393. The van der Waals surface area contributed by atoms with Gasteiger partial charge in [0, 0.05) is 22.6 Å². The van der Waals surface area contributed by atoms with Gasteiger partial charge in [-0.2, -0.15) is 0 Å². The Balaban J connectivity index is 2.07. The van der Waals surface area contributed by atoms with Crippen LogP contribution in [-0.2, 0) is 4.74 Å². The molecule has 1 aliphatic rings. The summed E-state index contributed by atoms with van der Waals surface area (Å²) in [5.74, 6) is 0.227. The van der Waals surface area contributed by atoms with Crippen molar-refractivity contribution in [2.45, 2.75) is 24.5 Å². The highest BCUT2D eigenvalue weighted by Crippen LogP contribution is 2.31. The molecule has 3 heterocycles. The largest absolute Gasteiger partial charge is 0.394 e. The van der Waals surface area contributed by atoms with Gasteiger partial charge in [0.2, 0.25) is 0 Å². The smallest absolute Gasteiger partial charge is 0.194 e. The van der Waals surface area contributed by atoms with E-state index >= 15 is 0 Å². The Morgan fingerprint density at radius 2 is 2.10 bits per heavy atom. The van der Waals surface area contributed by atoms with E-state index in [0.29, 0.717) is 15.0 Å². The first-order valence-corrected chi connectivity index (χ1v) is 6.88. The number of nitrogens with zero attached hydrogens (tertiary/aromatic N) is 4. The molecule has 2 aromatic heterocycles. The Kier molecular flexibility index (Phi) is 3.50. The molecule has 5 N–H and O–H groups in total. The molecule has 0 aromatic carbocycles. The van der Waals surface area contributed by atoms with Crippen molar-refractivity contribution >= 4 is 39.6 Å². The zero-order chi connectivity index (χ0) is 14.4. The van der Waals surface area contributed by atoms with E-state index in [9.17, 15) is 10.2 Å². The lowest BCUT2D eigenvalue weighted by atomic mass is 10.1. The molecule has 2 aromatic rings. The highest BCUT2D eigenvalue weighted by molar-refractivity contribution is 14.1. The maximum absolute atomic E-state index is 10.0. The zero-order valence-electron chi connectivity index (χ0n) is 10.1. The van der Waals surface area contributed by atoms with Crippen LogP contribution in [0.2, 0.25) is 0 Å². The second-order valence-electron chi connectivity index (χ2n) is 4.43. The van der Waals surface area contributed by atoms with Gasteiger partial charge in [0.15, 0.2) is 21.5 Å². The monoisotopic (exact) mass is 393 g/mol. The Bertz CT molecular complexity index is 650. The molecule has 0 bridgehead atoms. The maximum Gasteiger partial charge on any atom is 0.194 e. The third kappa shape index (κ3) is 2.03. The summed E-state index contributed by atoms with van der Waals surface area (Å²) < 4.78 is 7.34. The predicted molar refractivity (Wildman–Crippen MR) is 75.5 cm³/mol. The van der Waals surface area contributed by atoms with Gasteiger partial charge in [-0.05, 0) is 0 Å². The van der Waals surface area contributed by atoms with Gasteiger partial charge in [-0.25, -0.2) is 15.0 Å². The molecule has 9 nitrogen and oxygen atoms in total. The number of aliphatic hydroxyl groups excluding tert-OH is 3. The van der Waals surface area contributed by atoms with Gasteiger partial charge in [-0.1, -0.05) is 0 Å². The Hall–Kier alpha value is -1.08. The fourth-order valence-corrected chi connectivity index (χ4v) is 2.70. The van der Waals surface area contributed by atoms with E-state index in [2.05, 4.69) is 15.0 Å². The number of nitrogens with two attached hydrogens (primary N) is 1. The fourth-order valence-electron chi connectivity index (χ4n) is 2.21. The topological polar surface area (TPSA) is 140 Å². The zero-order valence-corrected chi connectivity index (χ0v) is 12.2. The van der Waals surface area contributed by atoms with Crippen LogP contribution in [0.3, 0.4) is 0 Å². The number of rotatable bonds is 2. The van der Waals surface area contributed by atoms with E-state index in [4.69, 9.17) is 15.6 Å². The molecule has 1 fully saturated rings. The number of ether oxygens (including phenoxy) is 1. The van der Waals surface area contributed by atoms with Crippen molar-refractivity contribution in [1.82, 2.24) is 19.5 Å². The summed E-state index contributed by atoms with van der Waals surface area (Å²) >= 11 is 1.92. The summed E-state index contributed by atoms with van der Waals surface area (Å²) in [5.41, 5.74) is 6.55. The van der Waals surface area contributed by atoms with Gasteiger partial charge in [0.25, 0.3) is 0 Å². The lowest BCUT2D eigenvalue weighted by Crippen LogP contribution is -2.33. The van der Waals surface area contributed by atoms with E-state index in [1.54, 1.807) is 0 Å². The van der Waals surface area contributed by atoms with Crippen molar-refractivity contribution in [2.75, 3.05) is 12.3 Å². The fraction of sp³-hybridized carbons (Fsp3) is 0.500. The average Bonchev–Trinajstić information content (AvgIpc) is 2.93. The SMILES string of the molecule is Nc1nc(I)nc2c1ncn2C1O[C@H](CO)[C@@H](O)[C@H]1O. The van der Waals surface area contributed by atoms with Crippen LogP contribution in [0, 0.1) is 3.83 Å². The number of imidazole rings is 1. The number of hydrogen-bond acceptors (Lipinski definition) is 8. The van der Waals surface area contributed by atoms with Gasteiger partial charge >= 0.3 is 0 Å². The summed E-state index contributed by atoms with van der Waals surface area (Å²) in [6, 6.07) is 0. The van der Waals surface area contributed by atoms with E-state index in [0.717, 1.165) is 0 Å². The molecule has 20 heavy (non-hydrogen) atoms. The minimum atomic E-state index is -1.20. The second-order valence-corrected chi connectivity index (χ2v) is 5.40. The van der Waals surface area contributed by atoms with Gasteiger partial charge in [-0.15, -0.1) is 0 Å². The van der Waals surface area contributed by atoms with Gasteiger partial charge < -0.3 is 25.8 Å².